The third-order valence-corrected chi connectivity index (χ3v) is 6.73. The molecule has 2 fully saturated rings. The van der Waals surface area contributed by atoms with Gasteiger partial charge >= 0.3 is 5.97 Å². The highest BCUT2D eigenvalue weighted by Crippen LogP contribution is 2.38. The predicted octanol–water partition coefficient (Wildman–Crippen LogP) is 6.11. The van der Waals surface area contributed by atoms with Crippen LogP contribution in [0.15, 0.2) is 24.3 Å². The van der Waals surface area contributed by atoms with Gasteiger partial charge < -0.3 is 4.74 Å². The number of rotatable bonds is 7. The van der Waals surface area contributed by atoms with Gasteiger partial charge in [0.1, 0.15) is 6.10 Å². The largest absolute Gasteiger partial charge is 0.462 e. The molecule has 0 bridgehead atoms. The number of aryl methyl sites for hydroxylation is 2. The Hall–Kier alpha value is -1.31. The summed E-state index contributed by atoms with van der Waals surface area (Å²) in [5.74, 6) is 1.72. The van der Waals surface area contributed by atoms with Crippen LogP contribution in [0.5, 0.6) is 0 Å². The van der Waals surface area contributed by atoms with E-state index in [1.807, 2.05) is 0 Å². The maximum absolute atomic E-state index is 12.5. The number of cyclic esters (lactones) is 1. The second-order valence-corrected chi connectivity index (χ2v) is 8.53. The van der Waals surface area contributed by atoms with Crippen molar-refractivity contribution in [2.24, 2.45) is 17.8 Å². The summed E-state index contributed by atoms with van der Waals surface area (Å²) in [6, 6.07) is 8.84. The monoisotopic (exact) mass is 356 g/mol. The van der Waals surface area contributed by atoms with Gasteiger partial charge in [-0.25, -0.2) is 0 Å². The molecule has 2 heteroatoms. The van der Waals surface area contributed by atoms with Crippen molar-refractivity contribution in [2.45, 2.75) is 90.6 Å². The Labute approximate surface area is 159 Å². The van der Waals surface area contributed by atoms with E-state index in [1.165, 1.54) is 49.7 Å². The van der Waals surface area contributed by atoms with Crippen molar-refractivity contribution in [2.75, 3.05) is 0 Å². The molecule has 2 nitrogen and oxygen atoms in total. The maximum atomic E-state index is 12.5. The zero-order valence-electron chi connectivity index (χ0n) is 16.7. The van der Waals surface area contributed by atoms with Crippen molar-refractivity contribution in [1.82, 2.24) is 0 Å². The first-order chi connectivity index (χ1) is 12.7. The summed E-state index contributed by atoms with van der Waals surface area (Å²) in [7, 11) is 0. The fraction of sp³-hybridized carbons (Fsp3) is 0.708. The highest BCUT2D eigenvalue weighted by Gasteiger charge is 2.35. The molecule has 2 atom stereocenters. The first kappa shape index (κ1) is 19.5. The summed E-state index contributed by atoms with van der Waals surface area (Å²) in [6.45, 7) is 4.47. The van der Waals surface area contributed by atoms with Crippen LogP contribution in [0, 0.1) is 17.8 Å². The fourth-order valence-electron chi connectivity index (χ4n) is 4.92. The van der Waals surface area contributed by atoms with Crippen molar-refractivity contribution in [3.8, 4) is 0 Å². The van der Waals surface area contributed by atoms with E-state index in [2.05, 4.69) is 38.1 Å². The van der Waals surface area contributed by atoms with Crippen LogP contribution in [0.1, 0.15) is 82.8 Å². The van der Waals surface area contributed by atoms with Crippen LogP contribution in [0.4, 0.5) is 0 Å². The third kappa shape index (κ3) is 5.11. The minimum absolute atomic E-state index is 0.0714. The van der Waals surface area contributed by atoms with E-state index in [1.54, 1.807) is 0 Å². The molecule has 2 aliphatic rings. The Morgan fingerprint density at radius 3 is 2.19 bits per heavy atom. The molecule has 0 N–H and O–H groups in total. The van der Waals surface area contributed by atoms with E-state index in [-0.39, 0.29) is 18.0 Å². The lowest BCUT2D eigenvalue weighted by Gasteiger charge is -2.37. The molecule has 1 aromatic carbocycles. The lowest BCUT2D eigenvalue weighted by molar-refractivity contribution is -0.165. The van der Waals surface area contributed by atoms with Crippen LogP contribution in [0.2, 0.25) is 0 Å². The topological polar surface area (TPSA) is 26.3 Å². The number of benzene rings is 1. The van der Waals surface area contributed by atoms with Gasteiger partial charge in [-0.05, 0) is 67.9 Å². The number of ether oxygens (including phenoxy) is 1. The zero-order chi connectivity index (χ0) is 18.4. The molecule has 0 spiro atoms. The van der Waals surface area contributed by atoms with Gasteiger partial charge in [0.25, 0.3) is 0 Å². The predicted molar refractivity (Wildman–Crippen MR) is 107 cm³/mol. The van der Waals surface area contributed by atoms with Crippen LogP contribution < -0.4 is 0 Å². The number of hydrogen-bond donors (Lipinski definition) is 0. The van der Waals surface area contributed by atoms with Crippen LogP contribution in [-0.4, -0.2) is 12.1 Å². The van der Waals surface area contributed by atoms with Crippen molar-refractivity contribution in [1.29, 1.82) is 0 Å². The summed E-state index contributed by atoms with van der Waals surface area (Å²) < 4.78 is 5.92. The molecule has 0 radical (unpaired) electrons. The number of esters is 1. The first-order valence-electron chi connectivity index (χ1n) is 11.0. The van der Waals surface area contributed by atoms with Gasteiger partial charge in [-0.15, -0.1) is 0 Å². The van der Waals surface area contributed by atoms with Gasteiger partial charge in [0.2, 0.25) is 0 Å². The van der Waals surface area contributed by atoms with Crippen molar-refractivity contribution in [3.63, 3.8) is 0 Å². The van der Waals surface area contributed by atoms with E-state index in [0.717, 1.165) is 38.0 Å². The van der Waals surface area contributed by atoms with Gasteiger partial charge in [0, 0.05) is 0 Å². The van der Waals surface area contributed by atoms with Gasteiger partial charge in [0.05, 0.1) is 5.92 Å². The Bertz CT molecular complexity index is 554. The molecule has 1 heterocycles. The molecule has 3 rings (SSSR count). The molecule has 0 aromatic heterocycles. The number of carbonyl (C=O) groups excluding carboxylic acids is 1. The van der Waals surface area contributed by atoms with Crippen molar-refractivity contribution >= 4 is 5.97 Å². The lowest BCUT2D eigenvalue weighted by Crippen LogP contribution is -2.37. The Morgan fingerprint density at radius 1 is 0.885 bits per heavy atom. The molecule has 1 aliphatic heterocycles. The van der Waals surface area contributed by atoms with Crippen LogP contribution in [0.25, 0.3) is 0 Å². The summed E-state index contributed by atoms with van der Waals surface area (Å²) in [4.78, 5) is 12.5. The van der Waals surface area contributed by atoms with Gasteiger partial charge in [-0.1, -0.05) is 63.8 Å². The minimum Gasteiger partial charge on any atom is -0.462 e. The van der Waals surface area contributed by atoms with Crippen molar-refractivity contribution < 1.29 is 9.53 Å². The smallest absolute Gasteiger partial charge is 0.309 e. The molecular formula is C24H36O2. The average molecular weight is 357 g/mol. The summed E-state index contributed by atoms with van der Waals surface area (Å²) >= 11 is 0. The van der Waals surface area contributed by atoms with Crippen LogP contribution >= 0.6 is 0 Å². The minimum atomic E-state index is 0.0714. The second-order valence-electron chi connectivity index (χ2n) is 8.53. The SMILES string of the molecule is CCCC1CCC(C2CCC(CCc3ccc(CC)cc3)C(=O)O2)CC1. The van der Waals surface area contributed by atoms with Gasteiger partial charge in [-0.2, -0.15) is 0 Å². The molecule has 1 aliphatic carbocycles. The summed E-state index contributed by atoms with van der Waals surface area (Å²) in [5.41, 5.74) is 2.72. The molecule has 1 saturated carbocycles. The van der Waals surface area contributed by atoms with E-state index in [0.29, 0.717) is 5.92 Å². The third-order valence-electron chi connectivity index (χ3n) is 6.73. The highest BCUT2D eigenvalue weighted by atomic mass is 16.5. The second kappa shape index (κ2) is 9.58. The Kier molecular flexibility index (Phi) is 7.16. The normalized spacial score (nSPS) is 29.4. The van der Waals surface area contributed by atoms with Crippen LogP contribution in [0.3, 0.4) is 0 Å². The highest BCUT2D eigenvalue weighted by molar-refractivity contribution is 5.73. The van der Waals surface area contributed by atoms with E-state index in [9.17, 15) is 4.79 Å². The Morgan fingerprint density at radius 2 is 1.58 bits per heavy atom. The maximum Gasteiger partial charge on any atom is 0.309 e. The molecule has 26 heavy (non-hydrogen) atoms. The fourth-order valence-corrected chi connectivity index (χ4v) is 4.92. The molecule has 1 saturated heterocycles. The molecular weight excluding hydrogens is 320 g/mol. The lowest BCUT2D eigenvalue weighted by atomic mass is 9.75. The Balaban J connectivity index is 1.42. The van der Waals surface area contributed by atoms with Crippen molar-refractivity contribution in [3.05, 3.63) is 35.4 Å². The number of hydrogen-bond acceptors (Lipinski definition) is 2. The molecule has 0 amide bonds. The van der Waals surface area contributed by atoms with E-state index < -0.39 is 0 Å². The number of carbonyl (C=O) groups is 1. The van der Waals surface area contributed by atoms with E-state index in [4.69, 9.17) is 4.74 Å². The molecule has 144 valence electrons. The van der Waals surface area contributed by atoms with Crippen LogP contribution in [-0.2, 0) is 22.4 Å². The summed E-state index contributed by atoms with van der Waals surface area (Å²) in [5, 5.41) is 0. The quantitative estimate of drug-likeness (QED) is 0.551. The molecule has 1 aromatic rings. The molecule has 2 unspecified atom stereocenters. The van der Waals surface area contributed by atoms with E-state index >= 15 is 0 Å². The van der Waals surface area contributed by atoms with Gasteiger partial charge in [-0.3, -0.25) is 4.79 Å². The zero-order valence-corrected chi connectivity index (χ0v) is 16.7. The first-order valence-corrected chi connectivity index (χ1v) is 11.0. The van der Waals surface area contributed by atoms with Gasteiger partial charge in [0.15, 0.2) is 0 Å². The standard InChI is InChI=1S/C24H36O2/c1-3-5-19-10-13-21(14-11-19)23-17-16-22(24(25)26-23)15-12-20-8-6-18(4-2)7-9-20/h6-9,19,21-23H,3-5,10-17H2,1-2H3. The summed E-state index contributed by atoms with van der Waals surface area (Å²) in [6.07, 6.45) is 13.2. The average Bonchev–Trinajstić information content (AvgIpc) is 2.68.